The van der Waals surface area contributed by atoms with Gasteiger partial charge in [-0.3, -0.25) is 0 Å². The highest BCUT2D eigenvalue weighted by molar-refractivity contribution is 7.99. The molecule has 9 heteroatoms. The molecule has 0 saturated carbocycles. The van der Waals surface area contributed by atoms with E-state index in [1.807, 2.05) is 0 Å². The molecule has 0 atom stereocenters. The first kappa shape index (κ1) is 15.5. The lowest BCUT2D eigenvalue weighted by Crippen LogP contribution is -2.11. The third-order valence-electron chi connectivity index (χ3n) is 2.33. The van der Waals surface area contributed by atoms with E-state index in [9.17, 15) is 22.0 Å². The summed E-state index contributed by atoms with van der Waals surface area (Å²) in [5.74, 6) is -1.89. The van der Waals surface area contributed by atoms with E-state index in [0.717, 1.165) is 12.1 Å². The zero-order chi connectivity index (χ0) is 15.6. The van der Waals surface area contributed by atoms with Crippen LogP contribution < -0.4 is 5.32 Å². The number of anilines is 1. The first-order chi connectivity index (χ1) is 9.79. The van der Waals surface area contributed by atoms with Crippen LogP contribution >= 0.6 is 11.8 Å². The van der Waals surface area contributed by atoms with Crippen molar-refractivity contribution < 1.29 is 22.0 Å². The van der Waals surface area contributed by atoms with E-state index in [0.29, 0.717) is 23.9 Å². The maximum absolute atomic E-state index is 13.5. The number of nitrogens with one attached hydrogen (secondary N) is 1. The number of benzene rings is 1. The lowest BCUT2D eigenvalue weighted by Gasteiger charge is -2.10. The average molecular weight is 321 g/mol. The highest BCUT2D eigenvalue weighted by atomic mass is 32.2. The maximum Gasteiger partial charge on any atom is 0.433 e. The fourth-order valence-corrected chi connectivity index (χ4v) is 2.23. The van der Waals surface area contributed by atoms with Crippen LogP contribution in [0.4, 0.5) is 27.9 Å². The largest absolute Gasteiger partial charge is 0.433 e. The molecule has 1 N–H and O–H groups in total. The van der Waals surface area contributed by atoms with Crippen molar-refractivity contribution in [1.82, 2.24) is 9.97 Å². The summed E-state index contributed by atoms with van der Waals surface area (Å²) >= 11 is 0.650. The lowest BCUT2D eigenvalue weighted by molar-refractivity contribution is -0.141. The third kappa shape index (κ3) is 3.81. The van der Waals surface area contributed by atoms with Gasteiger partial charge in [0.25, 0.3) is 0 Å². The van der Waals surface area contributed by atoms with E-state index >= 15 is 0 Å². The third-order valence-corrected chi connectivity index (χ3v) is 3.29. The van der Waals surface area contributed by atoms with E-state index in [1.54, 1.807) is 0 Å². The minimum absolute atomic E-state index is 0.0368. The summed E-state index contributed by atoms with van der Waals surface area (Å²) in [7, 11) is 1.36. The van der Waals surface area contributed by atoms with Gasteiger partial charge < -0.3 is 5.32 Å². The molecule has 3 nitrogen and oxygen atoms in total. The Labute approximate surface area is 120 Å². The summed E-state index contributed by atoms with van der Waals surface area (Å²) in [4.78, 5) is 7.05. The number of halogens is 5. The predicted molar refractivity (Wildman–Crippen MR) is 67.1 cm³/mol. The van der Waals surface area contributed by atoms with E-state index in [-0.39, 0.29) is 15.9 Å². The minimum atomic E-state index is -4.65. The molecule has 0 aliphatic heterocycles. The second-order valence-electron chi connectivity index (χ2n) is 3.84. The molecular formula is C12H8F5N3S. The van der Waals surface area contributed by atoms with Crippen molar-refractivity contribution in [3.8, 4) is 0 Å². The van der Waals surface area contributed by atoms with E-state index in [2.05, 4.69) is 15.3 Å². The Balaban J connectivity index is 2.39. The van der Waals surface area contributed by atoms with E-state index in [4.69, 9.17) is 0 Å². The van der Waals surface area contributed by atoms with Crippen LogP contribution in [0.5, 0.6) is 0 Å². The van der Waals surface area contributed by atoms with Gasteiger partial charge in [0.2, 0.25) is 5.95 Å². The number of rotatable bonds is 3. The SMILES string of the molecule is CNc1nc(Sc2ccc(F)cc2F)cc(C(F)(F)F)n1. The Hall–Kier alpha value is -1.90. The van der Waals surface area contributed by atoms with Gasteiger partial charge in [0.05, 0.1) is 0 Å². The summed E-state index contributed by atoms with van der Waals surface area (Å²) in [5, 5.41) is 2.30. The number of alkyl halides is 3. The molecule has 0 radical (unpaired) electrons. The summed E-state index contributed by atoms with van der Waals surface area (Å²) < 4.78 is 64.4. The quantitative estimate of drug-likeness (QED) is 0.686. The van der Waals surface area contributed by atoms with Crippen LogP contribution in [0.15, 0.2) is 34.2 Å². The Morgan fingerprint density at radius 3 is 2.38 bits per heavy atom. The van der Waals surface area contributed by atoms with Gasteiger partial charge in [-0.15, -0.1) is 0 Å². The van der Waals surface area contributed by atoms with Crippen LogP contribution in [0, 0.1) is 11.6 Å². The Bertz CT molecular complexity index is 660. The maximum atomic E-state index is 13.5. The van der Waals surface area contributed by atoms with Crippen molar-refractivity contribution in [2.24, 2.45) is 0 Å². The molecule has 0 saturated heterocycles. The van der Waals surface area contributed by atoms with Crippen LogP contribution in [-0.2, 0) is 6.18 Å². The van der Waals surface area contributed by atoms with Crippen molar-refractivity contribution in [1.29, 1.82) is 0 Å². The first-order valence-corrected chi connectivity index (χ1v) is 6.38. The van der Waals surface area contributed by atoms with Gasteiger partial charge in [0.15, 0.2) is 5.69 Å². The van der Waals surface area contributed by atoms with Gasteiger partial charge in [-0.1, -0.05) is 11.8 Å². The van der Waals surface area contributed by atoms with Crippen molar-refractivity contribution in [2.75, 3.05) is 12.4 Å². The fourth-order valence-electron chi connectivity index (χ4n) is 1.40. The molecule has 0 spiro atoms. The summed E-state index contributed by atoms with van der Waals surface area (Å²) in [6, 6.07) is 3.49. The molecule has 0 bridgehead atoms. The van der Waals surface area contributed by atoms with E-state index < -0.39 is 23.5 Å². The standard InChI is InChI=1S/C12H8F5N3S/c1-18-11-19-9(12(15,16)17)5-10(20-11)21-8-3-2-6(13)4-7(8)14/h2-5H,1H3,(H,18,19,20). The number of hydrogen-bond donors (Lipinski definition) is 1. The zero-order valence-electron chi connectivity index (χ0n) is 10.5. The summed E-state index contributed by atoms with van der Waals surface area (Å²) in [5.41, 5.74) is -1.15. The Morgan fingerprint density at radius 2 is 1.81 bits per heavy atom. The van der Waals surface area contributed by atoms with Crippen LogP contribution in [0.3, 0.4) is 0 Å². The molecule has 2 rings (SSSR count). The monoisotopic (exact) mass is 321 g/mol. The van der Waals surface area contributed by atoms with Gasteiger partial charge in [-0.05, 0) is 12.1 Å². The Kier molecular flexibility index (Phi) is 4.31. The van der Waals surface area contributed by atoms with Gasteiger partial charge >= 0.3 is 6.18 Å². The van der Waals surface area contributed by atoms with Crippen LogP contribution in [0.1, 0.15) is 5.69 Å². The normalized spacial score (nSPS) is 11.5. The second-order valence-corrected chi connectivity index (χ2v) is 4.90. The molecule has 21 heavy (non-hydrogen) atoms. The molecule has 1 aromatic heterocycles. The topological polar surface area (TPSA) is 37.8 Å². The van der Waals surface area contributed by atoms with Crippen molar-refractivity contribution in [3.63, 3.8) is 0 Å². The van der Waals surface area contributed by atoms with Gasteiger partial charge in [-0.2, -0.15) is 13.2 Å². The van der Waals surface area contributed by atoms with Crippen LogP contribution in [-0.4, -0.2) is 17.0 Å². The second kappa shape index (κ2) is 5.84. The molecule has 0 fully saturated rings. The van der Waals surface area contributed by atoms with E-state index in [1.165, 1.54) is 7.05 Å². The highest BCUT2D eigenvalue weighted by Crippen LogP contribution is 2.34. The number of nitrogens with zero attached hydrogens (tertiary/aromatic N) is 2. The predicted octanol–water partition coefficient (Wildman–Crippen LogP) is 3.97. The smallest absolute Gasteiger partial charge is 0.357 e. The molecule has 2 aromatic rings. The van der Waals surface area contributed by atoms with Crippen LogP contribution in [0.25, 0.3) is 0 Å². The molecule has 0 amide bonds. The molecule has 1 aromatic carbocycles. The molecule has 0 aliphatic carbocycles. The van der Waals surface area contributed by atoms with Crippen molar-refractivity contribution in [3.05, 3.63) is 41.6 Å². The number of aromatic nitrogens is 2. The van der Waals surface area contributed by atoms with Gasteiger partial charge in [-0.25, -0.2) is 18.7 Å². The van der Waals surface area contributed by atoms with Gasteiger partial charge in [0.1, 0.15) is 16.7 Å². The first-order valence-electron chi connectivity index (χ1n) is 5.56. The summed E-state index contributed by atoms with van der Waals surface area (Å²) in [6.07, 6.45) is -4.65. The van der Waals surface area contributed by atoms with Crippen molar-refractivity contribution in [2.45, 2.75) is 16.1 Å². The van der Waals surface area contributed by atoms with Crippen LogP contribution in [0.2, 0.25) is 0 Å². The molecule has 112 valence electrons. The highest BCUT2D eigenvalue weighted by Gasteiger charge is 2.33. The van der Waals surface area contributed by atoms with Crippen molar-refractivity contribution >= 4 is 17.7 Å². The Morgan fingerprint density at radius 1 is 1.10 bits per heavy atom. The zero-order valence-corrected chi connectivity index (χ0v) is 11.3. The molecule has 0 aliphatic rings. The fraction of sp³-hybridized carbons (Fsp3) is 0.167. The molecule has 1 heterocycles. The average Bonchev–Trinajstić information content (AvgIpc) is 2.40. The van der Waals surface area contributed by atoms with Gasteiger partial charge in [0, 0.05) is 24.1 Å². The molecule has 0 unspecified atom stereocenters. The minimum Gasteiger partial charge on any atom is -0.357 e. The summed E-state index contributed by atoms with van der Waals surface area (Å²) in [6.45, 7) is 0. The number of hydrogen-bond acceptors (Lipinski definition) is 4. The lowest BCUT2D eigenvalue weighted by atomic mass is 10.3. The molecular weight excluding hydrogens is 313 g/mol.